The zero-order chi connectivity index (χ0) is 17.0. The Kier molecular flexibility index (Phi) is 5.57. The molecule has 1 atom stereocenters. The fourth-order valence-corrected chi connectivity index (χ4v) is 1.96. The lowest BCUT2D eigenvalue weighted by molar-refractivity contribution is -0.155. The Bertz CT molecular complexity index is 479. The van der Waals surface area contributed by atoms with Crippen molar-refractivity contribution in [1.82, 2.24) is 4.90 Å². The van der Waals surface area contributed by atoms with Crippen molar-refractivity contribution in [1.29, 1.82) is 0 Å². The average molecular weight is 313 g/mol. The van der Waals surface area contributed by atoms with Crippen LogP contribution < -0.4 is 0 Å². The molecule has 0 aromatic carbocycles. The maximum atomic E-state index is 12.2. The third-order valence-corrected chi connectivity index (χ3v) is 2.88. The molecule has 1 heterocycles. The van der Waals surface area contributed by atoms with E-state index in [9.17, 15) is 14.4 Å². The molecule has 0 N–H and O–H groups in total. The van der Waals surface area contributed by atoms with E-state index in [-0.39, 0.29) is 13.1 Å². The number of hydrogen-bond donors (Lipinski definition) is 0. The smallest absolute Gasteiger partial charge is 0.410 e. The molecule has 1 aliphatic heterocycles. The van der Waals surface area contributed by atoms with E-state index < -0.39 is 29.2 Å². The van der Waals surface area contributed by atoms with Gasteiger partial charge in [0.05, 0.1) is 13.7 Å². The Hall–Kier alpha value is -2.05. The third kappa shape index (κ3) is 5.75. The third-order valence-electron chi connectivity index (χ3n) is 2.88. The minimum atomic E-state index is -0.906. The summed E-state index contributed by atoms with van der Waals surface area (Å²) in [4.78, 5) is 36.3. The summed E-state index contributed by atoms with van der Waals surface area (Å²) in [6, 6.07) is 0. The van der Waals surface area contributed by atoms with Gasteiger partial charge >= 0.3 is 18.0 Å². The standard InChI is InChI=1S/C15H23NO6/c1-14(2,3)22-13(19)16(9-12(18)20-5)10-15(4)8-6-7-11(17)21-15/h6-7H,8-10H2,1-5H3/t15-/m1/s1. The average Bonchev–Trinajstić information content (AvgIpc) is 2.35. The summed E-state index contributed by atoms with van der Waals surface area (Å²) in [7, 11) is 1.24. The maximum absolute atomic E-state index is 12.2. The molecule has 0 radical (unpaired) electrons. The lowest BCUT2D eigenvalue weighted by Gasteiger charge is -2.36. The lowest BCUT2D eigenvalue weighted by Crippen LogP contribution is -2.50. The van der Waals surface area contributed by atoms with E-state index in [1.165, 1.54) is 18.1 Å². The highest BCUT2D eigenvalue weighted by Gasteiger charge is 2.36. The van der Waals surface area contributed by atoms with Crippen molar-refractivity contribution in [2.45, 2.75) is 45.3 Å². The number of amides is 1. The Morgan fingerprint density at radius 2 is 2.05 bits per heavy atom. The van der Waals surface area contributed by atoms with Crippen LogP contribution >= 0.6 is 0 Å². The SMILES string of the molecule is COC(=O)CN(C[C@@]1(C)CC=CC(=O)O1)C(=O)OC(C)(C)C. The lowest BCUT2D eigenvalue weighted by atomic mass is 9.99. The summed E-state index contributed by atoms with van der Waals surface area (Å²) in [6.45, 7) is 6.64. The van der Waals surface area contributed by atoms with Crippen LogP contribution in [0.1, 0.15) is 34.1 Å². The van der Waals surface area contributed by atoms with Crippen LogP contribution in [0.4, 0.5) is 4.79 Å². The van der Waals surface area contributed by atoms with Crippen LogP contribution in [-0.2, 0) is 23.8 Å². The zero-order valence-electron chi connectivity index (χ0n) is 13.7. The molecule has 0 unspecified atom stereocenters. The van der Waals surface area contributed by atoms with Gasteiger partial charge in [-0.2, -0.15) is 0 Å². The summed E-state index contributed by atoms with van der Waals surface area (Å²) in [5.41, 5.74) is -1.60. The quantitative estimate of drug-likeness (QED) is 0.580. The van der Waals surface area contributed by atoms with Gasteiger partial charge in [0.1, 0.15) is 17.7 Å². The summed E-state index contributed by atoms with van der Waals surface area (Å²) in [5, 5.41) is 0. The molecule has 7 nitrogen and oxygen atoms in total. The van der Waals surface area contributed by atoms with Crippen LogP contribution in [-0.4, -0.2) is 54.3 Å². The van der Waals surface area contributed by atoms with Crippen LogP contribution in [0.2, 0.25) is 0 Å². The second-order valence-electron chi connectivity index (χ2n) is 6.39. The summed E-state index contributed by atoms with van der Waals surface area (Å²) in [5.74, 6) is -1.05. The summed E-state index contributed by atoms with van der Waals surface area (Å²) >= 11 is 0. The molecule has 1 aliphatic rings. The molecule has 0 aliphatic carbocycles. The second-order valence-corrected chi connectivity index (χ2v) is 6.39. The normalized spacial score (nSPS) is 21.0. The van der Waals surface area contributed by atoms with E-state index in [1.54, 1.807) is 33.8 Å². The van der Waals surface area contributed by atoms with Crippen molar-refractivity contribution in [2.24, 2.45) is 0 Å². The minimum Gasteiger partial charge on any atom is -0.468 e. The molecule has 124 valence electrons. The molecular weight excluding hydrogens is 290 g/mol. The number of nitrogens with zero attached hydrogens (tertiary/aromatic N) is 1. The van der Waals surface area contributed by atoms with Crippen molar-refractivity contribution in [3.8, 4) is 0 Å². The molecule has 0 aromatic heterocycles. The number of methoxy groups -OCH3 is 1. The zero-order valence-corrected chi connectivity index (χ0v) is 13.7. The molecule has 0 spiro atoms. The van der Waals surface area contributed by atoms with Gasteiger partial charge in [-0.05, 0) is 27.7 Å². The van der Waals surface area contributed by atoms with E-state index in [4.69, 9.17) is 9.47 Å². The maximum Gasteiger partial charge on any atom is 0.410 e. The highest BCUT2D eigenvalue weighted by atomic mass is 16.6. The van der Waals surface area contributed by atoms with Gasteiger partial charge in [-0.1, -0.05) is 6.08 Å². The first kappa shape index (κ1) is 18.0. The predicted octanol–water partition coefficient (Wildman–Crippen LogP) is 1.66. The van der Waals surface area contributed by atoms with Crippen molar-refractivity contribution >= 4 is 18.0 Å². The number of cyclic esters (lactones) is 1. The van der Waals surface area contributed by atoms with Crippen LogP contribution in [0.15, 0.2) is 12.2 Å². The number of carbonyl (C=O) groups excluding carboxylic acids is 3. The second kappa shape index (κ2) is 6.81. The molecular formula is C15H23NO6. The van der Waals surface area contributed by atoms with Crippen LogP contribution in [0.25, 0.3) is 0 Å². The summed E-state index contributed by atoms with van der Waals surface area (Å²) in [6.07, 6.45) is 2.79. The largest absolute Gasteiger partial charge is 0.468 e. The van der Waals surface area contributed by atoms with Crippen molar-refractivity contribution in [3.05, 3.63) is 12.2 Å². The molecule has 0 saturated carbocycles. The number of carbonyl (C=O) groups is 3. The predicted molar refractivity (Wildman–Crippen MR) is 78.1 cm³/mol. The molecule has 1 amide bonds. The Labute approximate surface area is 130 Å². The highest BCUT2D eigenvalue weighted by Crippen LogP contribution is 2.23. The van der Waals surface area contributed by atoms with Gasteiger partial charge in [-0.25, -0.2) is 9.59 Å². The summed E-state index contributed by atoms with van der Waals surface area (Å²) < 4.78 is 15.1. The topological polar surface area (TPSA) is 82.1 Å². The molecule has 22 heavy (non-hydrogen) atoms. The van der Waals surface area contributed by atoms with Gasteiger partial charge in [0.2, 0.25) is 0 Å². The Morgan fingerprint density at radius 1 is 1.41 bits per heavy atom. The monoisotopic (exact) mass is 313 g/mol. The van der Waals surface area contributed by atoms with Gasteiger partial charge in [0.25, 0.3) is 0 Å². The van der Waals surface area contributed by atoms with Crippen LogP contribution in [0.3, 0.4) is 0 Å². The van der Waals surface area contributed by atoms with Gasteiger partial charge in [-0.3, -0.25) is 9.69 Å². The number of hydrogen-bond acceptors (Lipinski definition) is 6. The number of esters is 2. The Morgan fingerprint density at radius 3 is 2.55 bits per heavy atom. The first-order chi connectivity index (χ1) is 10.0. The van der Waals surface area contributed by atoms with Crippen LogP contribution in [0.5, 0.6) is 0 Å². The minimum absolute atomic E-state index is 0.0348. The van der Waals surface area contributed by atoms with Crippen LogP contribution in [0, 0.1) is 0 Å². The first-order valence-corrected chi connectivity index (χ1v) is 6.99. The fraction of sp³-hybridized carbons (Fsp3) is 0.667. The molecule has 1 rings (SSSR count). The number of rotatable bonds is 4. The Balaban J connectivity index is 2.86. The van der Waals surface area contributed by atoms with Gasteiger partial charge in [0, 0.05) is 12.5 Å². The van der Waals surface area contributed by atoms with E-state index >= 15 is 0 Å². The van der Waals surface area contributed by atoms with E-state index in [2.05, 4.69) is 4.74 Å². The van der Waals surface area contributed by atoms with E-state index in [0.717, 1.165) is 0 Å². The molecule has 0 bridgehead atoms. The highest BCUT2D eigenvalue weighted by molar-refractivity contribution is 5.83. The van der Waals surface area contributed by atoms with E-state index in [0.29, 0.717) is 6.42 Å². The van der Waals surface area contributed by atoms with Crippen molar-refractivity contribution in [3.63, 3.8) is 0 Å². The van der Waals surface area contributed by atoms with Gasteiger partial charge < -0.3 is 14.2 Å². The molecule has 0 aromatic rings. The van der Waals surface area contributed by atoms with Gasteiger partial charge in [0.15, 0.2) is 0 Å². The molecule has 7 heteroatoms. The number of ether oxygens (including phenoxy) is 3. The molecule has 0 saturated heterocycles. The van der Waals surface area contributed by atoms with Crippen molar-refractivity contribution < 1.29 is 28.6 Å². The van der Waals surface area contributed by atoms with E-state index in [1.807, 2.05) is 0 Å². The van der Waals surface area contributed by atoms with Gasteiger partial charge in [-0.15, -0.1) is 0 Å². The fourth-order valence-electron chi connectivity index (χ4n) is 1.96. The van der Waals surface area contributed by atoms with Crippen molar-refractivity contribution in [2.75, 3.05) is 20.2 Å². The first-order valence-electron chi connectivity index (χ1n) is 6.99. The molecule has 0 fully saturated rings.